The molecule has 2 rings (SSSR count). The van der Waals surface area contributed by atoms with E-state index in [1.807, 2.05) is 32.0 Å². The van der Waals surface area contributed by atoms with Crippen LogP contribution in [0.4, 0.5) is 5.69 Å². The van der Waals surface area contributed by atoms with Crippen LogP contribution in [-0.2, 0) is 6.54 Å². The molecule has 0 bridgehead atoms. The SMILES string of the molecule is COc1ccc(CNc2c(Cl)c(C)nc(C)c2Cl)cc1OC.Cl. The third kappa shape index (κ3) is 4.34. The molecular formula is C16H19Cl3N2O2. The largest absolute Gasteiger partial charge is 0.493 e. The van der Waals surface area contributed by atoms with E-state index in [0.29, 0.717) is 33.8 Å². The summed E-state index contributed by atoms with van der Waals surface area (Å²) in [5, 5.41) is 4.34. The Bertz CT molecular complexity index is 667. The van der Waals surface area contributed by atoms with E-state index >= 15 is 0 Å². The van der Waals surface area contributed by atoms with E-state index in [9.17, 15) is 0 Å². The van der Waals surface area contributed by atoms with Gasteiger partial charge in [-0.05, 0) is 31.5 Å². The van der Waals surface area contributed by atoms with Crippen molar-refractivity contribution in [1.29, 1.82) is 0 Å². The predicted octanol–water partition coefficient (Wildman–Crippen LogP) is 5.06. The summed E-state index contributed by atoms with van der Waals surface area (Å²) in [6.07, 6.45) is 0. The standard InChI is InChI=1S/C16H18Cl2N2O2.ClH/c1-9-14(17)16(15(18)10(2)20-9)19-8-11-5-6-12(21-3)13(7-11)22-4;/h5-7H,8H2,1-4H3,(H,19,20);1H. The Morgan fingerprint density at radius 2 is 1.57 bits per heavy atom. The number of benzene rings is 1. The second-order valence-corrected chi connectivity index (χ2v) is 5.58. The number of aromatic nitrogens is 1. The average Bonchev–Trinajstić information content (AvgIpc) is 2.52. The first kappa shape index (κ1) is 19.7. The minimum atomic E-state index is 0. The Morgan fingerprint density at radius 3 is 2.09 bits per heavy atom. The average molecular weight is 378 g/mol. The van der Waals surface area contributed by atoms with Gasteiger partial charge in [-0.15, -0.1) is 12.4 Å². The van der Waals surface area contributed by atoms with E-state index in [0.717, 1.165) is 17.0 Å². The molecule has 0 spiro atoms. The summed E-state index contributed by atoms with van der Waals surface area (Å²) in [5.74, 6) is 1.37. The first-order valence-corrected chi connectivity index (χ1v) is 7.50. The van der Waals surface area contributed by atoms with Gasteiger partial charge in [0.15, 0.2) is 11.5 Å². The highest BCUT2D eigenvalue weighted by atomic mass is 35.5. The highest BCUT2D eigenvalue weighted by Gasteiger charge is 2.13. The molecule has 0 amide bonds. The quantitative estimate of drug-likeness (QED) is 0.791. The molecule has 0 aliphatic rings. The van der Waals surface area contributed by atoms with Crippen molar-refractivity contribution in [3.63, 3.8) is 0 Å². The van der Waals surface area contributed by atoms with Crippen molar-refractivity contribution in [2.24, 2.45) is 0 Å². The third-order valence-corrected chi connectivity index (χ3v) is 4.25. The molecule has 7 heteroatoms. The fraction of sp³-hybridized carbons (Fsp3) is 0.312. The number of nitrogens with zero attached hydrogens (tertiary/aromatic N) is 1. The summed E-state index contributed by atoms with van der Waals surface area (Å²) >= 11 is 12.6. The van der Waals surface area contributed by atoms with Crippen LogP contribution in [0.15, 0.2) is 18.2 Å². The minimum Gasteiger partial charge on any atom is -0.493 e. The van der Waals surface area contributed by atoms with E-state index in [1.54, 1.807) is 14.2 Å². The normalized spacial score (nSPS) is 10.0. The maximum atomic E-state index is 6.29. The van der Waals surface area contributed by atoms with E-state index in [1.165, 1.54) is 0 Å². The molecule has 0 aliphatic carbocycles. The van der Waals surface area contributed by atoms with Crippen molar-refractivity contribution in [3.8, 4) is 11.5 Å². The van der Waals surface area contributed by atoms with Crippen molar-refractivity contribution in [1.82, 2.24) is 4.98 Å². The minimum absolute atomic E-state index is 0. The van der Waals surface area contributed by atoms with Crippen LogP contribution in [0, 0.1) is 13.8 Å². The molecule has 2 aromatic rings. The zero-order valence-corrected chi connectivity index (χ0v) is 15.7. The lowest BCUT2D eigenvalue weighted by Crippen LogP contribution is -2.04. The maximum absolute atomic E-state index is 6.29. The lowest BCUT2D eigenvalue weighted by atomic mass is 10.2. The van der Waals surface area contributed by atoms with Gasteiger partial charge in [-0.1, -0.05) is 29.3 Å². The summed E-state index contributed by atoms with van der Waals surface area (Å²) in [4.78, 5) is 4.30. The second-order valence-electron chi connectivity index (χ2n) is 4.83. The molecule has 0 unspecified atom stereocenters. The number of rotatable bonds is 5. The van der Waals surface area contributed by atoms with Crippen molar-refractivity contribution in [3.05, 3.63) is 45.2 Å². The molecule has 1 heterocycles. The van der Waals surface area contributed by atoms with Gasteiger partial charge in [-0.2, -0.15) is 0 Å². The van der Waals surface area contributed by atoms with Crippen molar-refractivity contribution < 1.29 is 9.47 Å². The molecule has 23 heavy (non-hydrogen) atoms. The molecule has 126 valence electrons. The molecule has 0 atom stereocenters. The number of aryl methyl sites for hydroxylation is 2. The third-order valence-electron chi connectivity index (χ3n) is 3.33. The number of hydrogen-bond donors (Lipinski definition) is 1. The summed E-state index contributed by atoms with van der Waals surface area (Å²) in [5.41, 5.74) is 3.22. The molecule has 1 aromatic heterocycles. The molecule has 1 N–H and O–H groups in total. The van der Waals surface area contributed by atoms with Gasteiger partial charge in [0.05, 0.1) is 41.3 Å². The monoisotopic (exact) mass is 376 g/mol. The highest BCUT2D eigenvalue weighted by Crippen LogP contribution is 2.35. The smallest absolute Gasteiger partial charge is 0.161 e. The number of methoxy groups -OCH3 is 2. The Kier molecular flexibility index (Phi) is 7.26. The van der Waals surface area contributed by atoms with Crippen LogP contribution in [0.3, 0.4) is 0 Å². The Hall–Kier alpha value is -1.36. The number of halogens is 3. The van der Waals surface area contributed by atoms with Gasteiger partial charge >= 0.3 is 0 Å². The van der Waals surface area contributed by atoms with Crippen LogP contribution >= 0.6 is 35.6 Å². The molecule has 0 aliphatic heterocycles. The van der Waals surface area contributed by atoms with Gasteiger partial charge in [-0.3, -0.25) is 4.98 Å². The highest BCUT2D eigenvalue weighted by molar-refractivity contribution is 6.39. The van der Waals surface area contributed by atoms with Gasteiger partial charge in [0.25, 0.3) is 0 Å². The summed E-state index contributed by atoms with van der Waals surface area (Å²) in [6, 6.07) is 5.73. The number of pyridine rings is 1. The Morgan fingerprint density at radius 1 is 1.00 bits per heavy atom. The summed E-state index contributed by atoms with van der Waals surface area (Å²) < 4.78 is 10.5. The van der Waals surface area contributed by atoms with E-state index in [4.69, 9.17) is 32.7 Å². The maximum Gasteiger partial charge on any atom is 0.161 e. The van der Waals surface area contributed by atoms with Crippen LogP contribution in [0.25, 0.3) is 0 Å². The van der Waals surface area contributed by atoms with Crippen LogP contribution in [0.1, 0.15) is 17.0 Å². The molecule has 0 radical (unpaired) electrons. The zero-order chi connectivity index (χ0) is 16.3. The van der Waals surface area contributed by atoms with Crippen LogP contribution in [0.5, 0.6) is 11.5 Å². The Balaban J connectivity index is 0.00000264. The molecular weight excluding hydrogens is 359 g/mol. The fourth-order valence-electron chi connectivity index (χ4n) is 2.14. The van der Waals surface area contributed by atoms with Crippen LogP contribution in [0.2, 0.25) is 10.0 Å². The lowest BCUT2D eigenvalue weighted by molar-refractivity contribution is 0.354. The number of hydrogen-bond acceptors (Lipinski definition) is 4. The summed E-state index contributed by atoms with van der Waals surface area (Å²) in [6.45, 7) is 4.27. The fourth-order valence-corrected chi connectivity index (χ4v) is 2.60. The molecule has 0 fully saturated rings. The van der Waals surface area contributed by atoms with Gasteiger partial charge in [0, 0.05) is 6.54 Å². The topological polar surface area (TPSA) is 43.4 Å². The van der Waals surface area contributed by atoms with Crippen LogP contribution in [-0.4, -0.2) is 19.2 Å². The summed E-state index contributed by atoms with van der Waals surface area (Å²) in [7, 11) is 3.22. The lowest BCUT2D eigenvalue weighted by Gasteiger charge is -2.15. The Labute approximate surface area is 152 Å². The van der Waals surface area contributed by atoms with E-state index in [-0.39, 0.29) is 12.4 Å². The number of anilines is 1. The first-order chi connectivity index (χ1) is 10.5. The number of nitrogens with one attached hydrogen (secondary N) is 1. The van der Waals surface area contributed by atoms with Gasteiger partial charge in [0.1, 0.15) is 0 Å². The van der Waals surface area contributed by atoms with Gasteiger partial charge in [0.2, 0.25) is 0 Å². The molecule has 4 nitrogen and oxygen atoms in total. The van der Waals surface area contributed by atoms with E-state index in [2.05, 4.69) is 10.3 Å². The molecule has 1 aromatic carbocycles. The van der Waals surface area contributed by atoms with Crippen molar-refractivity contribution in [2.45, 2.75) is 20.4 Å². The number of ether oxygens (including phenoxy) is 2. The zero-order valence-electron chi connectivity index (χ0n) is 13.4. The predicted molar refractivity (Wildman–Crippen MR) is 97.9 cm³/mol. The first-order valence-electron chi connectivity index (χ1n) is 6.75. The van der Waals surface area contributed by atoms with E-state index < -0.39 is 0 Å². The second kappa shape index (κ2) is 8.48. The molecule has 0 saturated carbocycles. The van der Waals surface area contributed by atoms with Crippen molar-refractivity contribution >= 4 is 41.3 Å². The van der Waals surface area contributed by atoms with Crippen molar-refractivity contribution in [2.75, 3.05) is 19.5 Å². The molecule has 0 saturated heterocycles. The van der Waals surface area contributed by atoms with Gasteiger partial charge < -0.3 is 14.8 Å². The van der Waals surface area contributed by atoms with Gasteiger partial charge in [-0.25, -0.2) is 0 Å². The van der Waals surface area contributed by atoms with Crippen LogP contribution < -0.4 is 14.8 Å².